The summed E-state index contributed by atoms with van der Waals surface area (Å²) in [6, 6.07) is 9.00. The van der Waals surface area contributed by atoms with Gasteiger partial charge in [-0.1, -0.05) is 42.8 Å². The van der Waals surface area contributed by atoms with Crippen molar-refractivity contribution >= 4 is 28.6 Å². The summed E-state index contributed by atoms with van der Waals surface area (Å²) in [6.45, 7) is 5.93. The van der Waals surface area contributed by atoms with E-state index in [9.17, 15) is 4.79 Å². The van der Waals surface area contributed by atoms with Crippen molar-refractivity contribution in [3.05, 3.63) is 29.8 Å². The monoisotopic (exact) mass is 361 g/mol. The first-order valence-corrected chi connectivity index (χ1v) is 10.1. The highest BCUT2D eigenvalue weighted by molar-refractivity contribution is 8.14. The minimum absolute atomic E-state index is 0.182. The molecule has 1 heterocycles. The number of thioether (sulfide) groups is 1. The summed E-state index contributed by atoms with van der Waals surface area (Å²) in [5, 5.41) is 0.914. The summed E-state index contributed by atoms with van der Waals surface area (Å²) in [6.07, 6.45) is 5.17. The lowest BCUT2D eigenvalue weighted by atomic mass is 10.2. The molecule has 0 bridgehead atoms. The minimum Gasteiger partial charge on any atom is -0.465 e. The fraction of sp³-hybridized carbons (Fsp3) is 0.579. The Labute approximate surface area is 154 Å². The number of esters is 1. The van der Waals surface area contributed by atoms with E-state index in [1.807, 2.05) is 6.92 Å². The SMILES string of the molecule is CCOC(=O)CSC1=NCN(C2CCCC2)CN1c1ccccc1C. The molecule has 136 valence electrons. The van der Waals surface area contributed by atoms with Crippen LogP contribution < -0.4 is 4.90 Å². The van der Waals surface area contributed by atoms with Crippen LogP contribution in [-0.4, -0.2) is 47.8 Å². The number of para-hydroxylation sites is 1. The molecule has 1 saturated carbocycles. The van der Waals surface area contributed by atoms with Crippen LogP contribution in [0, 0.1) is 6.92 Å². The fourth-order valence-corrected chi connectivity index (χ4v) is 4.31. The van der Waals surface area contributed by atoms with Crippen molar-refractivity contribution in [1.82, 2.24) is 4.90 Å². The van der Waals surface area contributed by atoms with Gasteiger partial charge in [0.15, 0.2) is 5.17 Å². The third-order valence-corrected chi connectivity index (χ3v) is 5.80. The highest BCUT2D eigenvalue weighted by atomic mass is 32.2. The van der Waals surface area contributed by atoms with Crippen LogP contribution in [-0.2, 0) is 9.53 Å². The van der Waals surface area contributed by atoms with Crippen LogP contribution in [0.25, 0.3) is 0 Å². The normalized spacial score (nSPS) is 19.1. The Bertz CT molecular complexity index is 629. The number of rotatable bonds is 5. The molecule has 0 aromatic heterocycles. The Morgan fingerprint density at radius 3 is 2.80 bits per heavy atom. The zero-order valence-corrected chi connectivity index (χ0v) is 15.9. The molecule has 2 aliphatic rings. The lowest BCUT2D eigenvalue weighted by Crippen LogP contribution is -2.49. The molecule has 1 fully saturated rings. The maximum atomic E-state index is 11.7. The van der Waals surface area contributed by atoms with Gasteiger partial charge >= 0.3 is 5.97 Å². The first kappa shape index (κ1) is 18.3. The van der Waals surface area contributed by atoms with Crippen LogP contribution in [0.2, 0.25) is 0 Å². The molecule has 1 aromatic rings. The smallest absolute Gasteiger partial charge is 0.316 e. The van der Waals surface area contributed by atoms with Gasteiger partial charge in [0.2, 0.25) is 0 Å². The van der Waals surface area contributed by atoms with Crippen molar-refractivity contribution in [3.63, 3.8) is 0 Å². The molecule has 3 rings (SSSR count). The third kappa shape index (κ3) is 4.55. The van der Waals surface area contributed by atoms with Gasteiger partial charge in [-0.2, -0.15) is 0 Å². The second kappa shape index (κ2) is 8.72. The number of amidine groups is 1. The summed E-state index contributed by atoms with van der Waals surface area (Å²) in [4.78, 5) is 21.3. The zero-order valence-electron chi connectivity index (χ0n) is 15.1. The molecule has 0 saturated heterocycles. The number of benzene rings is 1. The standard InChI is InChI=1S/C19H27N3O2S/c1-3-24-18(23)12-25-19-20-13-21(16-9-5-6-10-16)14-22(19)17-11-7-4-8-15(17)2/h4,7-8,11,16H,3,5-6,9-10,12-14H2,1-2H3. The summed E-state index contributed by atoms with van der Waals surface area (Å²) >= 11 is 1.48. The third-order valence-electron chi connectivity index (χ3n) is 4.81. The van der Waals surface area contributed by atoms with Gasteiger partial charge in [0, 0.05) is 11.7 Å². The highest BCUT2D eigenvalue weighted by Gasteiger charge is 2.30. The molecule has 0 unspecified atom stereocenters. The van der Waals surface area contributed by atoms with Crippen molar-refractivity contribution in [2.45, 2.75) is 45.6 Å². The van der Waals surface area contributed by atoms with E-state index < -0.39 is 0 Å². The Hall–Kier alpha value is -1.53. The topological polar surface area (TPSA) is 45.1 Å². The van der Waals surface area contributed by atoms with Gasteiger partial charge in [0.1, 0.15) is 0 Å². The molecule has 0 N–H and O–H groups in total. The number of hydrogen-bond donors (Lipinski definition) is 0. The van der Waals surface area contributed by atoms with Crippen molar-refractivity contribution in [2.24, 2.45) is 4.99 Å². The maximum Gasteiger partial charge on any atom is 0.316 e. The number of ether oxygens (including phenoxy) is 1. The molecule has 25 heavy (non-hydrogen) atoms. The van der Waals surface area contributed by atoms with Gasteiger partial charge in [-0.3, -0.25) is 9.69 Å². The van der Waals surface area contributed by atoms with Crippen molar-refractivity contribution in [2.75, 3.05) is 30.6 Å². The summed E-state index contributed by atoms with van der Waals surface area (Å²) < 4.78 is 5.06. The average molecular weight is 362 g/mol. The number of carbonyl (C=O) groups is 1. The van der Waals surface area contributed by atoms with E-state index in [1.165, 1.54) is 48.7 Å². The fourth-order valence-electron chi connectivity index (χ4n) is 3.52. The number of aryl methyl sites for hydroxylation is 1. The highest BCUT2D eigenvalue weighted by Crippen LogP contribution is 2.30. The second-order valence-electron chi connectivity index (χ2n) is 6.56. The predicted molar refractivity (Wildman–Crippen MR) is 104 cm³/mol. The predicted octanol–water partition coefficient (Wildman–Crippen LogP) is 3.63. The first-order chi connectivity index (χ1) is 12.2. The summed E-state index contributed by atoms with van der Waals surface area (Å²) in [7, 11) is 0. The number of aliphatic imine (C=N–C) groups is 1. The molecule has 6 heteroatoms. The molecule has 1 aliphatic heterocycles. The number of hydrogen-bond acceptors (Lipinski definition) is 6. The van der Waals surface area contributed by atoms with E-state index >= 15 is 0 Å². The van der Waals surface area contributed by atoms with E-state index in [2.05, 4.69) is 41.0 Å². The Morgan fingerprint density at radius 2 is 2.08 bits per heavy atom. The van der Waals surface area contributed by atoms with Gasteiger partial charge in [-0.15, -0.1) is 0 Å². The summed E-state index contributed by atoms with van der Waals surface area (Å²) in [5.74, 6) is 0.122. The molecular formula is C19H27N3O2S. The Morgan fingerprint density at radius 1 is 1.32 bits per heavy atom. The molecule has 0 atom stereocenters. The van der Waals surface area contributed by atoms with Crippen LogP contribution >= 0.6 is 11.8 Å². The van der Waals surface area contributed by atoms with Gasteiger partial charge in [-0.05, 0) is 38.3 Å². The van der Waals surface area contributed by atoms with Gasteiger partial charge in [0.25, 0.3) is 0 Å². The van der Waals surface area contributed by atoms with Gasteiger partial charge < -0.3 is 9.64 Å². The van der Waals surface area contributed by atoms with E-state index in [0.29, 0.717) is 18.4 Å². The van der Waals surface area contributed by atoms with Crippen LogP contribution in [0.3, 0.4) is 0 Å². The molecule has 5 nitrogen and oxygen atoms in total. The quantitative estimate of drug-likeness (QED) is 0.750. The minimum atomic E-state index is -0.182. The number of nitrogens with zero attached hydrogens (tertiary/aromatic N) is 3. The molecule has 1 aromatic carbocycles. The maximum absolute atomic E-state index is 11.7. The molecular weight excluding hydrogens is 334 g/mol. The second-order valence-corrected chi connectivity index (χ2v) is 7.50. The van der Waals surface area contributed by atoms with Crippen LogP contribution in [0.5, 0.6) is 0 Å². The Kier molecular flexibility index (Phi) is 6.37. The van der Waals surface area contributed by atoms with Crippen molar-refractivity contribution in [3.8, 4) is 0 Å². The zero-order chi connectivity index (χ0) is 17.6. The lowest BCUT2D eigenvalue weighted by molar-refractivity contribution is -0.139. The van der Waals surface area contributed by atoms with Crippen molar-refractivity contribution in [1.29, 1.82) is 0 Å². The number of carbonyl (C=O) groups excluding carboxylic acids is 1. The van der Waals surface area contributed by atoms with E-state index in [0.717, 1.165) is 18.5 Å². The van der Waals surface area contributed by atoms with E-state index in [-0.39, 0.29) is 5.97 Å². The van der Waals surface area contributed by atoms with Crippen molar-refractivity contribution < 1.29 is 9.53 Å². The van der Waals surface area contributed by atoms with Crippen LogP contribution in [0.1, 0.15) is 38.2 Å². The molecule has 0 amide bonds. The number of anilines is 1. The molecule has 0 radical (unpaired) electrons. The summed E-state index contributed by atoms with van der Waals surface area (Å²) in [5.41, 5.74) is 2.39. The first-order valence-electron chi connectivity index (χ1n) is 9.09. The van der Waals surface area contributed by atoms with Gasteiger partial charge in [-0.25, -0.2) is 4.99 Å². The lowest BCUT2D eigenvalue weighted by Gasteiger charge is -2.39. The van der Waals surface area contributed by atoms with Gasteiger partial charge in [0.05, 0.1) is 25.7 Å². The van der Waals surface area contributed by atoms with E-state index in [1.54, 1.807) is 0 Å². The molecule has 1 aliphatic carbocycles. The van der Waals surface area contributed by atoms with Crippen LogP contribution in [0.4, 0.5) is 5.69 Å². The molecule has 0 spiro atoms. The Balaban J connectivity index is 1.77. The van der Waals surface area contributed by atoms with E-state index in [4.69, 9.17) is 9.73 Å². The largest absolute Gasteiger partial charge is 0.465 e. The average Bonchev–Trinajstić information content (AvgIpc) is 3.15. The van der Waals surface area contributed by atoms with Crippen LogP contribution in [0.15, 0.2) is 29.3 Å².